The zero-order valence-corrected chi connectivity index (χ0v) is 16.9. The summed E-state index contributed by atoms with van der Waals surface area (Å²) in [6.07, 6.45) is -2.18. The Morgan fingerprint density at radius 1 is 1.08 bits per heavy atom. The standard InChI is InChI=1S/C17H23BrFNO5/c1-9-11(21)8-10(19)13(12(9)18)20(14(22)24-16(2,3)4)15(23)25-17(5,6)7/h8,21H,1-7H3. The van der Waals surface area contributed by atoms with E-state index in [-0.39, 0.29) is 21.5 Å². The monoisotopic (exact) mass is 419 g/mol. The Balaban J connectivity index is 3.50. The largest absolute Gasteiger partial charge is 0.508 e. The smallest absolute Gasteiger partial charge is 0.424 e. The Hall–Kier alpha value is -1.83. The number of hydrogen-bond acceptors (Lipinski definition) is 5. The second kappa shape index (κ2) is 7.19. The molecule has 0 unspecified atom stereocenters. The molecule has 0 bridgehead atoms. The first-order chi connectivity index (χ1) is 11.1. The van der Waals surface area contributed by atoms with E-state index < -0.39 is 29.2 Å². The number of hydrogen-bond donors (Lipinski definition) is 1. The van der Waals surface area contributed by atoms with Gasteiger partial charge in [0.25, 0.3) is 0 Å². The number of phenolic OH excluding ortho intramolecular Hbond substituents is 1. The number of carbonyl (C=O) groups excluding carboxylic acids is 2. The lowest BCUT2D eigenvalue weighted by Crippen LogP contribution is -2.44. The van der Waals surface area contributed by atoms with Gasteiger partial charge in [-0.15, -0.1) is 0 Å². The maximum Gasteiger partial charge on any atom is 0.424 e. The van der Waals surface area contributed by atoms with E-state index in [9.17, 15) is 19.1 Å². The second-order valence-electron chi connectivity index (χ2n) is 7.46. The van der Waals surface area contributed by atoms with Crippen LogP contribution in [-0.4, -0.2) is 28.5 Å². The molecule has 1 aromatic rings. The molecule has 6 nitrogen and oxygen atoms in total. The van der Waals surface area contributed by atoms with Crippen LogP contribution in [0, 0.1) is 12.7 Å². The van der Waals surface area contributed by atoms with Crippen LogP contribution in [0.15, 0.2) is 10.5 Å². The van der Waals surface area contributed by atoms with Crippen molar-refractivity contribution in [3.63, 3.8) is 0 Å². The minimum Gasteiger partial charge on any atom is -0.508 e. The van der Waals surface area contributed by atoms with E-state index in [0.29, 0.717) is 4.90 Å². The van der Waals surface area contributed by atoms with Gasteiger partial charge in [0.05, 0.1) is 4.47 Å². The van der Waals surface area contributed by atoms with Crippen molar-refractivity contribution < 1.29 is 28.6 Å². The van der Waals surface area contributed by atoms with Crippen LogP contribution in [0.5, 0.6) is 5.75 Å². The highest BCUT2D eigenvalue weighted by atomic mass is 79.9. The van der Waals surface area contributed by atoms with Crippen LogP contribution in [0.1, 0.15) is 47.1 Å². The molecule has 1 rings (SSSR count). The topological polar surface area (TPSA) is 76.1 Å². The highest BCUT2D eigenvalue weighted by Crippen LogP contribution is 2.38. The van der Waals surface area contributed by atoms with Gasteiger partial charge in [-0.1, -0.05) is 0 Å². The highest BCUT2D eigenvalue weighted by molar-refractivity contribution is 9.10. The molecule has 0 spiro atoms. The van der Waals surface area contributed by atoms with Gasteiger partial charge in [-0.25, -0.2) is 14.0 Å². The summed E-state index contributed by atoms with van der Waals surface area (Å²) in [4.78, 5) is 25.6. The highest BCUT2D eigenvalue weighted by Gasteiger charge is 2.36. The quantitative estimate of drug-likeness (QED) is 0.669. The Labute approximate surface area is 155 Å². The van der Waals surface area contributed by atoms with Crippen LogP contribution in [0.3, 0.4) is 0 Å². The van der Waals surface area contributed by atoms with Crippen molar-refractivity contribution in [2.75, 3.05) is 4.90 Å². The van der Waals surface area contributed by atoms with E-state index in [4.69, 9.17) is 9.47 Å². The summed E-state index contributed by atoms with van der Waals surface area (Å²) < 4.78 is 24.9. The van der Waals surface area contributed by atoms with E-state index in [1.165, 1.54) is 6.92 Å². The zero-order valence-electron chi connectivity index (χ0n) is 15.4. The molecule has 140 valence electrons. The number of aromatic hydroxyl groups is 1. The van der Waals surface area contributed by atoms with Gasteiger partial charge in [0.2, 0.25) is 0 Å². The number of rotatable bonds is 1. The first kappa shape index (κ1) is 21.2. The Morgan fingerprint density at radius 3 is 1.84 bits per heavy atom. The Bertz CT molecular complexity index is 664. The number of benzene rings is 1. The molecule has 0 heterocycles. The van der Waals surface area contributed by atoms with Crippen molar-refractivity contribution in [3.8, 4) is 5.75 Å². The molecular weight excluding hydrogens is 397 g/mol. The summed E-state index contributed by atoms with van der Waals surface area (Å²) in [5.41, 5.74) is -1.95. The van der Waals surface area contributed by atoms with Crippen molar-refractivity contribution in [2.45, 2.75) is 59.7 Å². The summed E-state index contributed by atoms with van der Waals surface area (Å²) in [6.45, 7) is 11.2. The van der Waals surface area contributed by atoms with Gasteiger partial charge in [-0.3, -0.25) is 0 Å². The van der Waals surface area contributed by atoms with E-state index in [1.54, 1.807) is 41.5 Å². The van der Waals surface area contributed by atoms with Crippen molar-refractivity contribution in [3.05, 3.63) is 21.9 Å². The second-order valence-corrected chi connectivity index (χ2v) is 8.25. The predicted molar refractivity (Wildman–Crippen MR) is 95.4 cm³/mol. The maximum atomic E-state index is 14.5. The molecule has 0 aliphatic carbocycles. The molecule has 0 saturated carbocycles. The van der Waals surface area contributed by atoms with E-state index in [2.05, 4.69) is 15.9 Å². The van der Waals surface area contributed by atoms with Crippen LogP contribution in [0.25, 0.3) is 0 Å². The molecule has 0 aliphatic rings. The van der Waals surface area contributed by atoms with E-state index in [0.717, 1.165) is 6.07 Å². The third kappa shape index (κ3) is 5.59. The Kier molecular flexibility index (Phi) is 6.10. The normalized spacial score (nSPS) is 11.9. The molecule has 0 saturated heterocycles. The number of nitrogens with zero attached hydrogens (tertiary/aromatic N) is 1. The van der Waals surface area contributed by atoms with Gasteiger partial charge >= 0.3 is 12.2 Å². The molecule has 1 N–H and O–H groups in total. The molecule has 0 radical (unpaired) electrons. The van der Waals surface area contributed by atoms with Gasteiger partial charge in [-0.05, 0) is 64.4 Å². The maximum absolute atomic E-state index is 14.5. The number of amides is 2. The predicted octanol–water partition coefficient (Wildman–Crippen LogP) is 5.28. The molecule has 0 atom stereocenters. The SMILES string of the molecule is Cc1c(O)cc(F)c(N(C(=O)OC(C)(C)C)C(=O)OC(C)(C)C)c1Br. The minimum absolute atomic E-state index is 0.0433. The van der Waals surface area contributed by atoms with E-state index in [1.807, 2.05) is 0 Å². The third-order valence-corrected chi connectivity index (χ3v) is 3.76. The number of phenols is 1. The average Bonchev–Trinajstić information content (AvgIpc) is 2.36. The lowest BCUT2D eigenvalue weighted by Gasteiger charge is -2.29. The first-order valence-electron chi connectivity index (χ1n) is 7.57. The molecule has 0 fully saturated rings. The van der Waals surface area contributed by atoms with Gasteiger partial charge in [-0.2, -0.15) is 4.90 Å². The van der Waals surface area contributed by atoms with Crippen LogP contribution >= 0.6 is 15.9 Å². The Morgan fingerprint density at radius 2 is 1.48 bits per heavy atom. The number of imide groups is 1. The number of anilines is 1. The molecule has 0 aliphatic heterocycles. The lowest BCUT2D eigenvalue weighted by atomic mass is 10.1. The van der Waals surface area contributed by atoms with Gasteiger partial charge in [0.15, 0.2) is 5.82 Å². The molecule has 25 heavy (non-hydrogen) atoms. The fraction of sp³-hybridized carbons (Fsp3) is 0.529. The van der Waals surface area contributed by atoms with Crippen molar-refractivity contribution in [1.82, 2.24) is 0 Å². The van der Waals surface area contributed by atoms with Gasteiger partial charge < -0.3 is 14.6 Å². The van der Waals surface area contributed by atoms with Crippen LogP contribution in [0.4, 0.5) is 19.7 Å². The number of ether oxygens (including phenoxy) is 2. The number of carbonyl (C=O) groups is 2. The van der Waals surface area contributed by atoms with Crippen LogP contribution < -0.4 is 4.90 Å². The lowest BCUT2D eigenvalue weighted by molar-refractivity contribution is 0.0428. The van der Waals surface area contributed by atoms with Crippen molar-refractivity contribution >= 4 is 33.8 Å². The molecule has 1 aromatic carbocycles. The average molecular weight is 420 g/mol. The van der Waals surface area contributed by atoms with Crippen LogP contribution in [-0.2, 0) is 9.47 Å². The fourth-order valence-electron chi connectivity index (χ4n) is 1.77. The summed E-state index contributed by atoms with van der Waals surface area (Å²) in [6, 6.07) is 0.817. The first-order valence-corrected chi connectivity index (χ1v) is 8.37. The zero-order chi connectivity index (χ0) is 19.7. The molecule has 0 aromatic heterocycles. The van der Waals surface area contributed by atoms with Crippen molar-refractivity contribution in [2.24, 2.45) is 0 Å². The summed E-state index contributed by atoms with van der Waals surface area (Å²) in [5, 5.41) is 9.72. The van der Waals surface area contributed by atoms with Crippen LogP contribution in [0.2, 0.25) is 0 Å². The third-order valence-electron chi connectivity index (χ3n) is 2.79. The fourth-order valence-corrected chi connectivity index (χ4v) is 2.34. The summed E-state index contributed by atoms with van der Waals surface area (Å²) in [5.74, 6) is -1.30. The summed E-state index contributed by atoms with van der Waals surface area (Å²) >= 11 is 3.12. The minimum atomic E-state index is -1.09. The number of halogens is 2. The van der Waals surface area contributed by atoms with E-state index >= 15 is 0 Å². The molecule has 8 heteroatoms. The van der Waals surface area contributed by atoms with Gasteiger partial charge in [0, 0.05) is 11.6 Å². The summed E-state index contributed by atoms with van der Waals surface area (Å²) in [7, 11) is 0. The molecular formula is C17H23BrFNO5. The van der Waals surface area contributed by atoms with Crippen molar-refractivity contribution in [1.29, 1.82) is 0 Å². The van der Waals surface area contributed by atoms with Gasteiger partial charge in [0.1, 0.15) is 22.6 Å². The molecule has 2 amide bonds.